The molecule has 2 nitrogen and oxygen atoms in total. The van der Waals surface area contributed by atoms with Crippen molar-refractivity contribution >= 4 is 28.4 Å². The van der Waals surface area contributed by atoms with Crippen LogP contribution in [0.3, 0.4) is 0 Å². The Morgan fingerprint density at radius 3 is 0.946 bits per heavy atom. The van der Waals surface area contributed by atoms with Gasteiger partial charge in [0.05, 0.1) is 0 Å². The van der Waals surface area contributed by atoms with Gasteiger partial charge in [-0.1, -0.05) is 164 Å². The highest BCUT2D eigenvalue weighted by Gasteiger charge is 2.23. The number of anilines is 5. The van der Waals surface area contributed by atoms with Gasteiger partial charge in [-0.25, -0.2) is 0 Å². The van der Waals surface area contributed by atoms with Crippen LogP contribution in [0.1, 0.15) is 30.7 Å². The highest BCUT2D eigenvalue weighted by Crippen LogP contribution is 2.42. The first kappa shape index (κ1) is 34.8. The van der Waals surface area contributed by atoms with Crippen LogP contribution >= 0.6 is 0 Å². The summed E-state index contributed by atoms with van der Waals surface area (Å²) in [4.78, 5) is 4.82. The number of rotatable bonds is 10. The number of nitrogens with zero attached hydrogens (tertiary/aromatic N) is 2. The molecule has 0 aliphatic heterocycles. The van der Waals surface area contributed by atoms with Gasteiger partial charge in [-0.3, -0.25) is 0 Å². The molecule has 1 atom stereocenters. The Hall–Kier alpha value is -6.90. The van der Waals surface area contributed by atoms with Crippen LogP contribution in [0.2, 0.25) is 0 Å². The van der Waals surface area contributed by atoms with Gasteiger partial charge in [0, 0.05) is 34.1 Å². The normalized spacial score (nSPS) is 13.8. The highest BCUT2D eigenvalue weighted by molar-refractivity contribution is 5.81. The fourth-order valence-electron chi connectivity index (χ4n) is 8.03. The second kappa shape index (κ2) is 16.2. The van der Waals surface area contributed by atoms with Crippen molar-refractivity contribution in [2.75, 3.05) is 9.80 Å². The van der Waals surface area contributed by atoms with Gasteiger partial charge in [-0.05, 0) is 125 Å². The lowest BCUT2D eigenvalue weighted by atomic mass is 9.86. The van der Waals surface area contributed by atoms with Crippen LogP contribution in [0.15, 0.2) is 230 Å². The van der Waals surface area contributed by atoms with Crippen molar-refractivity contribution in [2.24, 2.45) is 0 Å². The molecule has 0 N–H and O–H groups in total. The largest absolute Gasteiger partial charge is 0.315 e. The Kier molecular flexibility index (Phi) is 10.1. The molecule has 0 saturated heterocycles. The molecule has 0 radical (unpaired) electrons. The van der Waals surface area contributed by atoms with E-state index in [9.17, 15) is 0 Å². The molecule has 9 rings (SSSR count). The summed E-state index contributed by atoms with van der Waals surface area (Å²) in [5.41, 5.74) is 15.7. The molecule has 0 heterocycles. The van der Waals surface area contributed by atoms with E-state index >= 15 is 0 Å². The maximum Gasteiger partial charge on any atom is 0.0463 e. The van der Waals surface area contributed by atoms with E-state index in [2.05, 4.69) is 234 Å². The van der Waals surface area contributed by atoms with Gasteiger partial charge >= 0.3 is 0 Å². The van der Waals surface area contributed by atoms with E-state index in [0.717, 1.165) is 42.0 Å². The molecule has 0 aromatic heterocycles. The zero-order valence-corrected chi connectivity index (χ0v) is 31.5. The SMILES string of the molecule is C1=C(N(c2ccc(-c3ccccc3)cc2)c2ccc(N(c3ccc(-c4ccccc4)cc3)c3ccc(-c4ccccc4)cc3)cc2)CCC(c2ccccc2)C1. The molecule has 8 aromatic rings. The summed E-state index contributed by atoms with van der Waals surface area (Å²) in [6, 6.07) is 78.8. The predicted molar refractivity (Wildman–Crippen MR) is 237 cm³/mol. The van der Waals surface area contributed by atoms with E-state index < -0.39 is 0 Å². The molecule has 8 aromatic carbocycles. The summed E-state index contributed by atoms with van der Waals surface area (Å²) < 4.78 is 0. The Labute approximate surface area is 331 Å². The number of hydrogen-bond acceptors (Lipinski definition) is 2. The molecule has 0 spiro atoms. The van der Waals surface area contributed by atoms with Crippen LogP contribution in [0.5, 0.6) is 0 Å². The second-order valence-corrected chi connectivity index (χ2v) is 14.5. The van der Waals surface area contributed by atoms with Crippen molar-refractivity contribution in [1.29, 1.82) is 0 Å². The number of benzene rings is 8. The van der Waals surface area contributed by atoms with Crippen LogP contribution in [0.25, 0.3) is 33.4 Å². The van der Waals surface area contributed by atoms with Crippen molar-refractivity contribution in [3.63, 3.8) is 0 Å². The molecule has 1 aliphatic carbocycles. The van der Waals surface area contributed by atoms with E-state index in [1.54, 1.807) is 0 Å². The van der Waals surface area contributed by atoms with Gasteiger partial charge in [0.25, 0.3) is 0 Å². The van der Waals surface area contributed by atoms with Gasteiger partial charge in [0.15, 0.2) is 0 Å². The third-order valence-electron chi connectivity index (χ3n) is 11.0. The molecule has 1 unspecified atom stereocenters. The molecule has 270 valence electrons. The van der Waals surface area contributed by atoms with Gasteiger partial charge in [0.2, 0.25) is 0 Å². The first-order valence-electron chi connectivity index (χ1n) is 19.7. The molecule has 0 bridgehead atoms. The quantitative estimate of drug-likeness (QED) is 0.139. The Bertz CT molecular complexity index is 2410. The van der Waals surface area contributed by atoms with E-state index in [1.165, 1.54) is 50.3 Å². The zero-order valence-electron chi connectivity index (χ0n) is 31.5. The molecular formula is C54H44N2. The van der Waals surface area contributed by atoms with Gasteiger partial charge in [0.1, 0.15) is 0 Å². The first-order chi connectivity index (χ1) is 27.8. The van der Waals surface area contributed by atoms with Crippen LogP contribution in [0, 0.1) is 0 Å². The molecular weight excluding hydrogens is 677 g/mol. The first-order valence-corrected chi connectivity index (χ1v) is 19.7. The van der Waals surface area contributed by atoms with Crippen LogP contribution in [0.4, 0.5) is 28.4 Å². The van der Waals surface area contributed by atoms with E-state index in [-0.39, 0.29) is 0 Å². The van der Waals surface area contributed by atoms with Crippen molar-refractivity contribution in [1.82, 2.24) is 0 Å². The van der Waals surface area contributed by atoms with Crippen LogP contribution in [-0.4, -0.2) is 0 Å². The Balaban J connectivity index is 1.08. The molecule has 0 amide bonds. The monoisotopic (exact) mass is 720 g/mol. The minimum atomic E-state index is 0.541. The lowest BCUT2D eigenvalue weighted by molar-refractivity contribution is 0.593. The van der Waals surface area contributed by atoms with Gasteiger partial charge in [-0.2, -0.15) is 0 Å². The fraction of sp³-hybridized carbons (Fsp3) is 0.0741. The maximum atomic E-state index is 2.47. The molecule has 56 heavy (non-hydrogen) atoms. The summed E-state index contributed by atoms with van der Waals surface area (Å²) in [6.45, 7) is 0. The summed E-state index contributed by atoms with van der Waals surface area (Å²) in [5.74, 6) is 0.541. The van der Waals surface area contributed by atoms with Gasteiger partial charge < -0.3 is 9.80 Å². The lowest BCUT2D eigenvalue weighted by Crippen LogP contribution is -2.20. The molecule has 0 fully saturated rings. The second-order valence-electron chi connectivity index (χ2n) is 14.5. The fourth-order valence-corrected chi connectivity index (χ4v) is 8.03. The number of hydrogen-bond donors (Lipinski definition) is 0. The highest BCUT2D eigenvalue weighted by atomic mass is 15.2. The minimum Gasteiger partial charge on any atom is -0.315 e. The minimum absolute atomic E-state index is 0.541. The molecule has 1 aliphatic rings. The summed E-state index contributed by atoms with van der Waals surface area (Å²) >= 11 is 0. The third-order valence-corrected chi connectivity index (χ3v) is 11.0. The van der Waals surface area contributed by atoms with Crippen molar-refractivity contribution in [2.45, 2.75) is 25.2 Å². The van der Waals surface area contributed by atoms with Gasteiger partial charge in [-0.15, -0.1) is 0 Å². The summed E-state index contributed by atoms with van der Waals surface area (Å²) in [6.07, 6.45) is 5.63. The zero-order chi connectivity index (χ0) is 37.5. The van der Waals surface area contributed by atoms with Crippen LogP contribution < -0.4 is 9.80 Å². The van der Waals surface area contributed by atoms with E-state index in [4.69, 9.17) is 0 Å². The van der Waals surface area contributed by atoms with Crippen molar-refractivity contribution < 1.29 is 0 Å². The lowest BCUT2D eigenvalue weighted by Gasteiger charge is -2.33. The Morgan fingerprint density at radius 1 is 0.304 bits per heavy atom. The summed E-state index contributed by atoms with van der Waals surface area (Å²) in [5, 5.41) is 0. The van der Waals surface area contributed by atoms with Crippen molar-refractivity contribution in [3.05, 3.63) is 236 Å². The third kappa shape index (κ3) is 7.56. The predicted octanol–water partition coefficient (Wildman–Crippen LogP) is 15.1. The average molecular weight is 721 g/mol. The van der Waals surface area contributed by atoms with E-state index in [0.29, 0.717) is 5.92 Å². The van der Waals surface area contributed by atoms with Crippen molar-refractivity contribution in [3.8, 4) is 33.4 Å². The van der Waals surface area contributed by atoms with Crippen LogP contribution in [-0.2, 0) is 0 Å². The number of allylic oxidation sites excluding steroid dienone is 2. The topological polar surface area (TPSA) is 6.48 Å². The smallest absolute Gasteiger partial charge is 0.0463 e. The summed E-state index contributed by atoms with van der Waals surface area (Å²) in [7, 11) is 0. The standard InChI is InChI=1S/C54H44N2/c1-5-13-41(14-6-1)45-21-29-49(30-22-45)55(50-31-23-46(24-32-50)42-15-7-2-8-16-42)53-37-39-54(40-38-53)56(51-33-25-47(26-34-51)43-17-9-3-10-18-43)52-35-27-48(28-36-52)44-19-11-4-12-20-44/h1-26,29-35,37-40,48H,27-28,36H2. The average Bonchev–Trinajstić information content (AvgIpc) is 3.29. The Morgan fingerprint density at radius 2 is 0.607 bits per heavy atom. The maximum absolute atomic E-state index is 2.47. The van der Waals surface area contributed by atoms with E-state index in [1.807, 2.05) is 0 Å². The molecule has 2 heteroatoms. The molecule has 0 saturated carbocycles.